The van der Waals surface area contributed by atoms with Gasteiger partial charge in [0.1, 0.15) is 0 Å². The molecule has 2 saturated heterocycles. The first-order valence-corrected chi connectivity index (χ1v) is 9.15. The summed E-state index contributed by atoms with van der Waals surface area (Å²) < 4.78 is 2.59. The zero-order valence-corrected chi connectivity index (χ0v) is 13.9. The van der Waals surface area contributed by atoms with Gasteiger partial charge in [-0.05, 0) is 50.6 Å². The number of likely N-dealkylation sites (tertiary alicyclic amines) is 1. The van der Waals surface area contributed by atoms with Crippen LogP contribution in [0.4, 0.5) is 0 Å². The maximum atomic E-state index is 2.74. The Morgan fingerprint density at radius 2 is 1.53 bits per heavy atom. The summed E-state index contributed by atoms with van der Waals surface area (Å²) in [7, 11) is 0. The first-order valence-electron chi connectivity index (χ1n) is 8.31. The molecule has 0 atom stereocenters. The van der Waals surface area contributed by atoms with Crippen molar-refractivity contribution < 1.29 is 0 Å². The Labute approximate surface area is 124 Å². The van der Waals surface area contributed by atoms with Crippen molar-refractivity contribution in [2.45, 2.75) is 58.1 Å². The largest absolute Gasteiger partial charge is 0.303 e. The smallest absolute Gasteiger partial charge is 0.0138 e. The van der Waals surface area contributed by atoms with Crippen molar-refractivity contribution in [3.63, 3.8) is 0 Å². The van der Waals surface area contributed by atoms with E-state index < -0.39 is 0 Å². The second-order valence-corrected chi connectivity index (χ2v) is 8.35. The summed E-state index contributed by atoms with van der Waals surface area (Å²) in [5, 5.41) is 0.740. The molecule has 0 unspecified atom stereocenters. The Hall–Kier alpha value is 0.270. The van der Waals surface area contributed by atoms with Gasteiger partial charge < -0.3 is 4.90 Å². The van der Waals surface area contributed by atoms with Gasteiger partial charge >= 0.3 is 0 Å². The molecule has 0 amide bonds. The van der Waals surface area contributed by atoms with Gasteiger partial charge in [-0.25, -0.2) is 0 Å². The maximum absolute atomic E-state index is 2.74. The molecule has 0 bridgehead atoms. The van der Waals surface area contributed by atoms with Crippen molar-refractivity contribution >= 4 is 11.9 Å². The number of hydrogen-bond acceptors (Lipinski definition) is 3. The highest BCUT2D eigenvalue weighted by atomic mass is 32.2. The van der Waals surface area contributed by atoms with Gasteiger partial charge in [0.15, 0.2) is 0 Å². The van der Waals surface area contributed by atoms with Crippen molar-refractivity contribution in [1.82, 2.24) is 9.21 Å². The monoisotopic (exact) mass is 284 g/mol. The third-order valence-corrected chi connectivity index (χ3v) is 5.82. The molecule has 2 rings (SSSR count). The molecule has 2 aliphatic heterocycles. The van der Waals surface area contributed by atoms with Crippen LogP contribution in [0.25, 0.3) is 0 Å². The SMILES string of the molecule is CCC1CCN(CC2CCN(SC(C)C)CC2)CC1. The van der Waals surface area contributed by atoms with Crippen LogP contribution in [0.15, 0.2) is 0 Å². The minimum Gasteiger partial charge on any atom is -0.303 e. The van der Waals surface area contributed by atoms with Crippen molar-refractivity contribution in [1.29, 1.82) is 0 Å². The number of hydrogen-bond donors (Lipinski definition) is 0. The Morgan fingerprint density at radius 3 is 2.05 bits per heavy atom. The lowest BCUT2D eigenvalue weighted by atomic mass is 9.92. The molecule has 0 aliphatic carbocycles. The van der Waals surface area contributed by atoms with E-state index >= 15 is 0 Å². The second-order valence-electron chi connectivity index (χ2n) is 6.68. The van der Waals surface area contributed by atoms with E-state index in [-0.39, 0.29) is 0 Å². The van der Waals surface area contributed by atoms with E-state index in [2.05, 4.69) is 30.0 Å². The standard InChI is InChI=1S/C16H32N2S/c1-4-15-5-9-17(10-6-15)13-16-7-11-18(12-8-16)19-14(2)3/h14-16H,4-13H2,1-3H3. The fourth-order valence-electron chi connectivity index (χ4n) is 3.44. The Kier molecular flexibility index (Phi) is 6.51. The van der Waals surface area contributed by atoms with Gasteiger partial charge in [0.05, 0.1) is 0 Å². The van der Waals surface area contributed by atoms with E-state index in [4.69, 9.17) is 0 Å². The number of piperidine rings is 2. The number of rotatable bonds is 5. The molecule has 19 heavy (non-hydrogen) atoms. The fourth-order valence-corrected chi connectivity index (χ4v) is 4.46. The molecule has 0 aromatic carbocycles. The fraction of sp³-hybridized carbons (Fsp3) is 1.00. The van der Waals surface area contributed by atoms with Crippen LogP contribution < -0.4 is 0 Å². The average molecular weight is 285 g/mol. The lowest BCUT2D eigenvalue weighted by molar-refractivity contribution is 0.138. The molecule has 0 spiro atoms. The van der Waals surface area contributed by atoms with Crippen LogP contribution in [0.3, 0.4) is 0 Å². The zero-order valence-electron chi connectivity index (χ0n) is 13.1. The van der Waals surface area contributed by atoms with Gasteiger partial charge in [0.25, 0.3) is 0 Å². The summed E-state index contributed by atoms with van der Waals surface area (Å²) in [4.78, 5) is 2.74. The van der Waals surface area contributed by atoms with Crippen LogP contribution in [0.2, 0.25) is 0 Å². The van der Waals surface area contributed by atoms with Crippen molar-refractivity contribution in [3.05, 3.63) is 0 Å². The average Bonchev–Trinajstić information content (AvgIpc) is 2.41. The molecule has 2 fully saturated rings. The summed E-state index contributed by atoms with van der Waals surface area (Å²) in [5.41, 5.74) is 0. The van der Waals surface area contributed by atoms with Gasteiger partial charge in [-0.1, -0.05) is 39.1 Å². The van der Waals surface area contributed by atoms with E-state index in [1.807, 2.05) is 11.9 Å². The van der Waals surface area contributed by atoms with E-state index in [0.29, 0.717) is 0 Å². The molecule has 0 aromatic rings. The van der Waals surface area contributed by atoms with Gasteiger partial charge in [-0.15, -0.1) is 0 Å². The second kappa shape index (κ2) is 7.90. The van der Waals surface area contributed by atoms with E-state index in [9.17, 15) is 0 Å². The van der Waals surface area contributed by atoms with E-state index in [0.717, 1.165) is 17.1 Å². The van der Waals surface area contributed by atoms with Crippen LogP contribution in [0, 0.1) is 11.8 Å². The molecule has 2 aliphatic rings. The highest BCUT2D eigenvalue weighted by molar-refractivity contribution is 7.97. The normalized spacial score (nSPS) is 25.3. The Morgan fingerprint density at radius 1 is 0.947 bits per heavy atom. The lowest BCUT2D eigenvalue weighted by Gasteiger charge is -2.37. The molecular formula is C16H32N2S. The van der Waals surface area contributed by atoms with Gasteiger partial charge in [0.2, 0.25) is 0 Å². The number of nitrogens with zero attached hydrogens (tertiary/aromatic N) is 2. The maximum Gasteiger partial charge on any atom is 0.0138 e. The van der Waals surface area contributed by atoms with Gasteiger partial charge in [-0.3, -0.25) is 4.31 Å². The molecule has 0 N–H and O–H groups in total. The lowest BCUT2D eigenvalue weighted by Crippen LogP contribution is -2.40. The van der Waals surface area contributed by atoms with E-state index in [1.165, 1.54) is 64.8 Å². The van der Waals surface area contributed by atoms with Crippen LogP contribution >= 0.6 is 11.9 Å². The molecule has 0 saturated carbocycles. The summed E-state index contributed by atoms with van der Waals surface area (Å²) >= 11 is 2.05. The van der Waals surface area contributed by atoms with Crippen LogP contribution in [0.1, 0.15) is 52.9 Å². The molecule has 2 heterocycles. The predicted octanol–water partition coefficient (Wildman–Crippen LogP) is 3.88. The molecule has 0 aromatic heterocycles. The molecule has 2 nitrogen and oxygen atoms in total. The van der Waals surface area contributed by atoms with Crippen molar-refractivity contribution in [3.8, 4) is 0 Å². The summed E-state index contributed by atoms with van der Waals surface area (Å²) in [5.74, 6) is 1.97. The van der Waals surface area contributed by atoms with Crippen LogP contribution in [0.5, 0.6) is 0 Å². The third kappa shape index (κ3) is 5.28. The van der Waals surface area contributed by atoms with E-state index in [1.54, 1.807) is 0 Å². The minimum absolute atomic E-state index is 0.740. The highest BCUT2D eigenvalue weighted by Crippen LogP contribution is 2.27. The Bertz CT molecular complexity index is 241. The van der Waals surface area contributed by atoms with Crippen molar-refractivity contribution in [2.24, 2.45) is 11.8 Å². The van der Waals surface area contributed by atoms with Gasteiger partial charge in [0, 0.05) is 24.9 Å². The van der Waals surface area contributed by atoms with Crippen molar-refractivity contribution in [2.75, 3.05) is 32.7 Å². The van der Waals surface area contributed by atoms with Gasteiger partial charge in [-0.2, -0.15) is 0 Å². The van der Waals surface area contributed by atoms with Crippen LogP contribution in [-0.4, -0.2) is 47.2 Å². The minimum atomic E-state index is 0.740. The summed E-state index contributed by atoms with van der Waals surface area (Å²) in [6.07, 6.45) is 7.09. The zero-order chi connectivity index (χ0) is 13.7. The summed E-state index contributed by atoms with van der Waals surface area (Å²) in [6, 6.07) is 0. The first kappa shape index (κ1) is 15.7. The quantitative estimate of drug-likeness (QED) is 0.708. The highest BCUT2D eigenvalue weighted by Gasteiger charge is 2.24. The molecule has 3 heteroatoms. The molecule has 112 valence electrons. The molecular weight excluding hydrogens is 252 g/mol. The first-order chi connectivity index (χ1) is 9.17. The van der Waals surface area contributed by atoms with Crippen LogP contribution in [-0.2, 0) is 0 Å². The topological polar surface area (TPSA) is 6.48 Å². The molecule has 0 radical (unpaired) electrons. The predicted molar refractivity (Wildman–Crippen MR) is 86.5 cm³/mol. The Balaban J connectivity index is 1.63. The summed E-state index contributed by atoms with van der Waals surface area (Å²) in [6.45, 7) is 13.7. The third-order valence-electron chi connectivity index (χ3n) is 4.73.